The van der Waals surface area contributed by atoms with Gasteiger partial charge in [0, 0.05) is 11.9 Å². The summed E-state index contributed by atoms with van der Waals surface area (Å²) in [4.78, 5) is 1.07. The van der Waals surface area contributed by atoms with Crippen molar-refractivity contribution in [2.24, 2.45) is 5.14 Å². The Kier molecular flexibility index (Phi) is 8.18. The molecule has 0 amide bonds. The van der Waals surface area contributed by atoms with Crippen LogP contribution in [0.25, 0.3) is 5.69 Å². The molecule has 0 saturated heterocycles. The highest BCUT2D eigenvalue weighted by molar-refractivity contribution is 7.92. The van der Waals surface area contributed by atoms with Crippen LogP contribution < -0.4 is 9.86 Å². The first-order valence-electron chi connectivity index (χ1n) is 9.85. The van der Waals surface area contributed by atoms with E-state index in [-0.39, 0.29) is 9.79 Å². The van der Waals surface area contributed by atoms with Crippen molar-refractivity contribution < 1.29 is 21.4 Å². The summed E-state index contributed by atoms with van der Waals surface area (Å²) in [6.07, 6.45) is 3.38. The number of nitrogens with zero attached hydrogens (tertiary/aromatic N) is 1. The predicted octanol–water partition coefficient (Wildman–Crippen LogP) is 3.35. The van der Waals surface area contributed by atoms with Gasteiger partial charge in [0.25, 0.3) is 10.0 Å². The number of nitrogens with two attached hydrogens (primary N) is 1. The molecular weight excluding hydrogens is 494 g/mol. The van der Waals surface area contributed by atoms with Crippen LogP contribution in [0.3, 0.4) is 0 Å². The Labute approximate surface area is 202 Å². The number of anilines is 1. The summed E-state index contributed by atoms with van der Waals surface area (Å²) >= 11 is -1.05. The number of hydrogen-bond donors (Lipinski definition) is 2. The van der Waals surface area contributed by atoms with E-state index in [0.717, 1.165) is 10.6 Å². The Morgan fingerprint density at radius 2 is 1.29 bits per heavy atom. The molecule has 0 aliphatic heterocycles. The summed E-state index contributed by atoms with van der Waals surface area (Å²) in [5, 5.41) is 4.83. The van der Waals surface area contributed by atoms with Crippen LogP contribution in [0.2, 0.25) is 0 Å². The second-order valence-electron chi connectivity index (χ2n) is 6.99. The Morgan fingerprint density at radius 3 is 1.76 bits per heavy atom. The van der Waals surface area contributed by atoms with Crippen molar-refractivity contribution in [1.29, 1.82) is 0 Å². The predicted molar refractivity (Wildman–Crippen MR) is 133 cm³/mol. The largest absolute Gasteiger partial charge is 0.612 e. The molecule has 0 saturated carbocycles. The lowest BCUT2D eigenvalue weighted by Gasteiger charge is -2.12. The van der Waals surface area contributed by atoms with Gasteiger partial charge in [-0.1, -0.05) is 36.4 Å². The van der Waals surface area contributed by atoms with Crippen LogP contribution in [-0.4, -0.2) is 32.2 Å². The molecule has 178 valence electrons. The minimum absolute atomic E-state index is 0.148. The smallest absolute Gasteiger partial charge is 0.263 e. The van der Waals surface area contributed by atoms with E-state index in [4.69, 9.17) is 5.14 Å². The fraction of sp³-hybridized carbons (Fsp3) is 0.0435. The maximum absolute atomic E-state index is 12.5. The number of benzene rings is 3. The van der Waals surface area contributed by atoms with E-state index in [1.807, 2.05) is 0 Å². The van der Waals surface area contributed by atoms with Crippen LogP contribution in [0.5, 0.6) is 0 Å². The molecule has 0 aliphatic carbocycles. The molecule has 11 heteroatoms. The van der Waals surface area contributed by atoms with Crippen molar-refractivity contribution in [3.8, 4) is 5.69 Å². The number of rotatable bonds is 6. The molecule has 0 fully saturated rings. The third-order valence-corrected chi connectivity index (χ3v) is 7.80. The van der Waals surface area contributed by atoms with Gasteiger partial charge in [0.05, 0.1) is 9.79 Å². The number of primary sulfonamides is 1. The van der Waals surface area contributed by atoms with Gasteiger partial charge in [0.1, 0.15) is 12.1 Å². The Bertz CT molecular complexity index is 1420. The van der Waals surface area contributed by atoms with Gasteiger partial charge in [0.15, 0.2) is 4.90 Å². The fourth-order valence-electron chi connectivity index (χ4n) is 2.89. The number of sulfonamides is 2. The van der Waals surface area contributed by atoms with E-state index in [1.165, 1.54) is 12.1 Å². The average molecular weight is 518 g/mol. The molecule has 4 rings (SSSR count). The SMILES string of the molecule is C[S+]([O-])c1ccc(-n2cccc2NS(=O)(=O)c2ccccc2)cc1.NS(=O)(=O)c1ccccc1. The molecular formula is C23H23N3O5S3. The molecule has 3 aromatic carbocycles. The van der Waals surface area contributed by atoms with Crippen molar-refractivity contribution in [3.63, 3.8) is 0 Å². The monoisotopic (exact) mass is 517 g/mol. The van der Waals surface area contributed by atoms with Gasteiger partial charge in [-0.2, -0.15) is 0 Å². The normalized spacial score (nSPS) is 12.3. The zero-order chi connectivity index (χ0) is 24.8. The lowest BCUT2D eigenvalue weighted by molar-refractivity contribution is 0.597. The lowest BCUT2D eigenvalue weighted by Crippen LogP contribution is -2.15. The van der Waals surface area contributed by atoms with Crippen LogP contribution in [-0.2, 0) is 31.2 Å². The van der Waals surface area contributed by atoms with E-state index in [2.05, 4.69) is 4.72 Å². The topological polar surface area (TPSA) is 134 Å². The second kappa shape index (κ2) is 10.9. The molecule has 1 heterocycles. The maximum Gasteiger partial charge on any atom is 0.263 e. The van der Waals surface area contributed by atoms with E-state index >= 15 is 0 Å². The molecule has 4 aromatic rings. The first-order chi connectivity index (χ1) is 16.1. The van der Waals surface area contributed by atoms with Crippen LogP contribution >= 0.6 is 0 Å². The molecule has 0 aliphatic rings. The van der Waals surface area contributed by atoms with Gasteiger partial charge in [-0.25, -0.2) is 22.0 Å². The van der Waals surface area contributed by atoms with Crippen LogP contribution in [0.1, 0.15) is 0 Å². The van der Waals surface area contributed by atoms with E-state index in [0.29, 0.717) is 5.82 Å². The summed E-state index contributed by atoms with van der Waals surface area (Å²) in [6.45, 7) is 0. The van der Waals surface area contributed by atoms with Gasteiger partial charge in [-0.05, 0) is 71.8 Å². The molecule has 0 spiro atoms. The Balaban J connectivity index is 0.000000271. The lowest BCUT2D eigenvalue weighted by atomic mass is 10.3. The zero-order valence-corrected chi connectivity index (χ0v) is 20.6. The van der Waals surface area contributed by atoms with E-state index in [1.54, 1.807) is 102 Å². The van der Waals surface area contributed by atoms with Crippen molar-refractivity contribution in [2.45, 2.75) is 14.7 Å². The third kappa shape index (κ3) is 6.72. The quantitative estimate of drug-likeness (QED) is 0.378. The van der Waals surface area contributed by atoms with Gasteiger partial charge in [-0.3, -0.25) is 4.72 Å². The minimum atomic E-state index is -3.65. The van der Waals surface area contributed by atoms with Gasteiger partial charge in [0.2, 0.25) is 10.0 Å². The highest BCUT2D eigenvalue weighted by Crippen LogP contribution is 2.22. The number of hydrogen-bond acceptors (Lipinski definition) is 5. The summed E-state index contributed by atoms with van der Waals surface area (Å²) < 4.78 is 61.9. The van der Waals surface area contributed by atoms with Gasteiger partial charge in [-0.15, -0.1) is 0 Å². The van der Waals surface area contributed by atoms with Gasteiger partial charge >= 0.3 is 0 Å². The van der Waals surface area contributed by atoms with Crippen molar-refractivity contribution >= 4 is 37.0 Å². The summed E-state index contributed by atoms with van der Waals surface area (Å²) in [5.74, 6) is 0.434. The van der Waals surface area contributed by atoms with Crippen molar-refractivity contribution in [2.75, 3.05) is 11.0 Å². The first kappa shape index (κ1) is 25.5. The summed E-state index contributed by atoms with van der Waals surface area (Å²) in [7, 11) is -7.16. The zero-order valence-electron chi connectivity index (χ0n) is 18.1. The maximum atomic E-state index is 12.5. The molecule has 1 atom stereocenters. The summed E-state index contributed by atoms with van der Waals surface area (Å²) in [5.41, 5.74) is 0.778. The van der Waals surface area contributed by atoms with Crippen LogP contribution in [0.4, 0.5) is 5.82 Å². The molecule has 1 unspecified atom stereocenters. The standard InChI is InChI=1S/C17H16N2O3S2.C6H7NO2S/c1-23(20)15-11-9-14(10-12-15)19-13-5-8-17(19)18-24(21,22)16-6-3-2-4-7-16;7-10(8,9)6-4-2-1-3-5-6/h2-13,18H,1H3;1-5H,(H2,7,8,9). The number of aromatic nitrogens is 1. The highest BCUT2D eigenvalue weighted by atomic mass is 32.2. The van der Waals surface area contributed by atoms with Crippen molar-refractivity contribution in [3.05, 3.63) is 103 Å². The fourth-order valence-corrected chi connectivity index (χ4v) is 5.02. The minimum Gasteiger partial charge on any atom is -0.612 e. The van der Waals surface area contributed by atoms with E-state index < -0.39 is 31.2 Å². The molecule has 8 nitrogen and oxygen atoms in total. The average Bonchev–Trinajstić information content (AvgIpc) is 3.27. The molecule has 1 aromatic heterocycles. The number of nitrogens with one attached hydrogen (secondary N) is 1. The van der Waals surface area contributed by atoms with Crippen LogP contribution in [0, 0.1) is 0 Å². The highest BCUT2D eigenvalue weighted by Gasteiger charge is 2.16. The molecule has 0 bridgehead atoms. The van der Waals surface area contributed by atoms with Gasteiger partial charge < -0.3 is 9.12 Å². The Hall–Kier alpha value is -3.09. The van der Waals surface area contributed by atoms with E-state index in [9.17, 15) is 21.4 Å². The molecule has 0 radical (unpaired) electrons. The van der Waals surface area contributed by atoms with Crippen LogP contribution in [0.15, 0.2) is 118 Å². The second-order valence-corrected chi connectivity index (χ2v) is 11.6. The first-order valence-corrected chi connectivity index (χ1v) is 14.4. The van der Waals surface area contributed by atoms with Crippen molar-refractivity contribution in [1.82, 2.24) is 4.57 Å². The third-order valence-electron chi connectivity index (χ3n) is 4.56. The summed E-state index contributed by atoms with van der Waals surface area (Å²) in [6, 6.07) is 26.7. The Morgan fingerprint density at radius 1 is 0.765 bits per heavy atom. The molecule has 34 heavy (non-hydrogen) atoms. The molecule has 3 N–H and O–H groups in total.